The van der Waals surface area contributed by atoms with Crippen LogP contribution < -0.4 is 5.32 Å². The number of alkyl halides is 2. The summed E-state index contributed by atoms with van der Waals surface area (Å²) in [4.78, 5) is 1.86. The fraction of sp³-hybridized carbons (Fsp3) is 1.00. The van der Waals surface area contributed by atoms with Crippen molar-refractivity contribution in [2.75, 3.05) is 32.7 Å². The Morgan fingerprint density at radius 2 is 1.77 bits per heavy atom. The minimum atomic E-state index is -2.55. The van der Waals surface area contributed by atoms with Gasteiger partial charge in [0.15, 0.2) is 0 Å². The smallest absolute Gasteiger partial charge is 0.257 e. The second kappa shape index (κ2) is 4.86. The molecule has 0 unspecified atom stereocenters. The second-order valence-electron chi connectivity index (χ2n) is 3.80. The van der Waals surface area contributed by atoms with Gasteiger partial charge in [0.2, 0.25) is 0 Å². The Kier molecular flexibility index (Phi) is 4.06. The Bertz CT molecular complexity index is 137. The predicted octanol–water partition coefficient (Wildman–Crippen LogP) is 1.33. The maximum Gasteiger partial charge on any atom is 0.257 e. The van der Waals surface area contributed by atoms with Crippen molar-refractivity contribution in [3.8, 4) is 0 Å². The van der Waals surface area contributed by atoms with Gasteiger partial charge in [-0.25, -0.2) is 8.78 Å². The number of nitrogens with zero attached hydrogens (tertiary/aromatic N) is 1. The van der Waals surface area contributed by atoms with Crippen LogP contribution in [0.15, 0.2) is 0 Å². The molecular weight excluding hydrogens is 174 g/mol. The van der Waals surface area contributed by atoms with E-state index in [1.165, 1.54) is 0 Å². The highest BCUT2D eigenvalue weighted by molar-refractivity contribution is 4.70. The van der Waals surface area contributed by atoms with E-state index >= 15 is 0 Å². The van der Waals surface area contributed by atoms with Gasteiger partial charge in [0.25, 0.3) is 5.92 Å². The molecular formula is C9H18F2N2. The molecule has 0 bridgehead atoms. The van der Waals surface area contributed by atoms with E-state index < -0.39 is 5.92 Å². The normalized spacial score (nSPS) is 22.4. The van der Waals surface area contributed by atoms with Gasteiger partial charge in [-0.2, -0.15) is 0 Å². The first-order chi connectivity index (χ1) is 6.08. The highest BCUT2D eigenvalue weighted by atomic mass is 19.3. The lowest BCUT2D eigenvalue weighted by Crippen LogP contribution is -2.40. The molecule has 1 rings (SSSR count). The van der Waals surface area contributed by atoms with Crippen molar-refractivity contribution in [2.45, 2.75) is 25.7 Å². The molecule has 0 saturated carbocycles. The predicted molar refractivity (Wildman–Crippen MR) is 49.2 cm³/mol. The molecule has 0 radical (unpaired) electrons. The Labute approximate surface area is 78.3 Å². The molecule has 1 fully saturated rings. The second-order valence-corrected chi connectivity index (χ2v) is 3.80. The van der Waals surface area contributed by atoms with Gasteiger partial charge in [-0.05, 0) is 39.0 Å². The third-order valence-corrected chi connectivity index (χ3v) is 2.16. The van der Waals surface area contributed by atoms with Crippen molar-refractivity contribution in [3.63, 3.8) is 0 Å². The molecule has 0 aromatic heterocycles. The molecule has 1 N–H and O–H groups in total. The zero-order chi connectivity index (χ0) is 9.73. The summed E-state index contributed by atoms with van der Waals surface area (Å²) >= 11 is 0. The number of hydrogen-bond donors (Lipinski definition) is 1. The van der Waals surface area contributed by atoms with Crippen molar-refractivity contribution >= 4 is 0 Å². The van der Waals surface area contributed by atoms with Gasteiger partial charge in [0.1, 0.15) is 0 Å². The number of hydrogen-bond acceptors (Lipinski definition) is 2. The van der Waals surface area contributed by atoms with E-state index in [4.69, 9.17) is 0 Å². The highest BCUT2D eigenvalue weighted by Gasteiger charge is 2.24. The Morgan fingerprint density at radius 3 is 2.23 bits per heavy atom. The summed E-state index contributed by atoms with van der Waals surface area (Å²) in [6, 6.07) is 0. The minimum Gasteiger partial charge on any atom is -0.317 e. The van der Waals surface area contributed by atoms with E-state index in [-0.39, 0.29) is 6.54 Å². The molecule has 0 aromatic rings. The molecule has 4 heteroatoms. The van der Waals surface area contributed by atoms with Crippen LogP contribution in [0.25, 0.3) is 0 Å². The summed E-state index contributed by atoms with van der Waals surface area (Å²) in [6.07, 6.45) is 1.94. The Hall–Kier alpha value is -0.220. The van der Waals surface area contributed by atoms with Crippen LogP contribution in [0.2, 0.25) is 0 Å². The molecule has 13 heavy (non-hydrogen) atoms. The highest BCUT2D eigenvalue weighted by Crippen LogP contribution is 2.14. The first-order valence-corrected chi connectivity index (χ1v) is 4.89. The van der Waals surface area contributed by atoms with Gasteiger partial charge in [0.05, 0.1) is 6.54 Å². The van der Waals surface area contributed by atoms with Crippen LogP contribution in [0.1, 0.15) is 19.8 Å². The van der Waals surface area contributed by atoms with Crippen molar-refractivity contribution in [1.29, 1.82) is 0 Å². The zero-order valence-electron chi connectivity index (χ0n) is 8.15. The summed E-state index contributed by atoms with van der Waals surface area (Å²) in [5.74, 6) is -2.55. The minimum absolute atomic E-state index is 0.0903. The van der Waals surface area contributed by atoms with Crippen LogP contribution in [0.4, 0.5) is 8.78 Å². The van der Waals surface area contributed by atoms with Crippen molar-refractivity contribution in [3.05, 3.63) is 0 Å². The van der Waals surface area contributed by atoms with Gasteiger partial charge in [0, 0.05) is 6.92 Å². The molecule has 0 spiro atoms. The van der Waals surface area contributed by atoms with E-state index in [0.717, 1.165) is 45.9 Å². The van der Waals surface area contributed by atoms with Crippen molar-refractivity contribution in [2.24, 2.45) is 0 Å². The molecule has 2 nitrogen and oxygen atoms in total. The topological polar surface area (TPSA) is 15.3 Å². The average molecular weight is 192 g/mol. The van der Waals surface area contributed by atoms with Gasteiger partial charge in [-0.1, -0.05) is 0 Å². The Balaban J connectivity index is 2.29. The van der Waals surface area contributed by atoms with Crippen LogP contribution >= 0.6 is 0 Å². The molecule has 0 atom stereocenters. The number of nitrogens with one attached hydrogen (secondary N) is 1. The maximum absolute atomic E-state index is 12.7. The summed E-state index contributed by atoms with van der Waals surface area (Å²) in [6.45, 7) is 4.38. The zero-order valence-corrected chi connectivity index (χ0v) is 8.15. The van der Waals surface area contributed by atoms with Gasteiger partial charge in [-0.15, -0.1) is 0 Å². The largest absolute Gasteiger partial charge is 0.317 e. The van der Waals surface area contributed by atoms with Crippen LogP contribution in [0.3, 0.4) is 0 Å². The summed E-state index contributed by atoms with van der Waals surface area (Å²) in [5, 5.41) is 3.26. The van der Waals surface area contributed by atoms with E-state index in [1.54, 1.807) is 0 Å². The van der Waals surface area contributed by atoms with Crippen LogP contribution in [0.5, 0.6) is 0 Å². The van der Waals surface area contributed by atoms with E-state index in [0.29, 0.717) is 0 Å². The average Bonchev–Trinajstić information content (AvgIpc) is 1.92. The van der Waals surface area contributed by atoms with Crippen molar-refractivity contribution in [1.82, 2.24) is 10.2 Å². The monoisotopic (exact) mass is 192 g/mol. The molecule has 0 amide bonds. The molecule has 0 aromatic carbocycles. The summed E-state index contributed by atoms with van der Waals surface area (Å²) < 4.78 is 25.4. The first kappa shape index (κ1) is 10.9. The fourth-order valence-electron chi connectivity index (χ4n) is 1.64. The van der Waals surface area contributed by atoms with Gasteiger partial charge < -0.3 is 5.32 Å². The van der Waals surface area contributed by atoms with E-state index in [9.17, 15) is 8.78 Å². The number of rotatable bonds is 2. The lowest BCUT2D eigenvalue weighted by Gasteiger charge is -2.27. The molecule has 0 aliphatic carbocycles. The molecule has 1 saturated heterocycles. The first-order valence-electron chi connectivity index (χ1n) is 4.89. The fourth-order valence-corrected chi connectivity index (χ4v) is 1.64. The lowest BCUT2D eigenvalue weighted by molar-refractivity contribution is -0.0156. The lowest BCUT2D eigenvalue weighted by atomic mass is 10.2. The molecule has 1 heterocycles. The maximum atomic E-state index is 12.7. The van der Waals surface area contributed by atoms with E-state index in [2.05, 4.69) is 5.32 Å². The SMILES string of the molecule is CC(F)(F)CN1CCCNCCC1. The van der Waals surface area contributed by atoms with Gasteiger partial charge >= 0.3 is 0 Å². The van der Waals surface area contributed by atoms with E-state index in [1.807, 2.05) is 4.90 Å². The molecule has 78 valence electrons. The summed E-state index contributed by atoms with van der Waals surface area (Å²) in [5.41, 5.74) is 0. The third kappa shape index (κ3) is 5.16. The number of halogens is 2. The van der Waals surface area contributed by atoms with Crippen LogP contribution in [0, 0.1) is 0 Å². The Morgan fingerprint density at radius 1 is 1.23 bits per heavy atom. The quantitative estimate of drug-likeness (QED) is 0.710. The molecule has 1 aliphatic heterocycles. The summed E-state index contributed by atoms with van der Waals surface area (Å²) in [7, 11) is 0. The molecule has 1 aliphatic rings. The third-order valence-electron chi connectivity index (χ3n) is 2.16. The van der Waals surface area contributed by atoms with Crippen LogP contribution in [-0.2, 0) is 0 Å². The van der Waals surface area contributed by atoms with Crippen LogP contribution in [-0.4, -0.2) is 43.5 Å². The standard InChI is InChI=1S/C9H18F2N2/c1-9(10,11)8-13-6-2-4-12-5-3-7-13/h12H,2-8H2,1H3. The van der Waals surface area contributed by atoms with Gasteiger partial charge in [-0.3, -0.25) is 4.90 Å². The van der Waals surface area contributed by atoms with Crippen molar-refractivity contribution < 1.29 is 8.78 Å².